The van der Waals surface area contributed by atoms with E-state index in [-0.39, 0.29) is 18.6 Å². The minimum absolute atomic E-state index is 0.0986. The zero-order valence-electron chi connectivity index (χ0n) is 13.6. The summed E-state index contributed by atoms with van der Waals surface area (Å²) in [6, 6.07) is 0.260. The summed E-state index contributed by atoms with van der Waals surface area (Å²) in [5.74, 6) is 0.0986. The topological polar surface area (TPSA) is 44.8 Å². The van der Waals surface area contributed by atoms with Crippen LogP contribution >= 0.6 is 0 Å². The van der Waals surface area contributed by atoms with Gasteiger partial charge in [-0.3, -0.25) is 9.69 Å². The molecule has 1 saturated carbocycles. The van der Waals surface area contributed by atoms with Crippen LogP contribution in [0.3, 0.4) is 0 Å². The average molecular weight is 337 g/mol. The molecule has 2 rings (SSSR count). The summed E-state index contributed by atoms with van der Waals surface area (Å²) in [7, 11) is 0. The first-order valence-electron chi connectivity index (χ1n) is 8.26. The Labute approximate surface area is 135 Å². The van der Waals surface area contributed by atoms with Crippen molar-refractivity contribution >= 4 is 5.91 Å². The maximum absolute atomic E-state index is 12.0. The minimum Gasteiger partial charge on any atom is -0.372 e. The number of rotatable bonds is 8. The van der Waals surface area contributed by atoms with Crippen molar-refractivity contribution in [2.24, 2.45) is 0 Å². The molecule has 1 saturated heterocycles. The number of alkyl halides is 3. The Balaban J connectivity index is 1.55. The second kappa shape index (κ2) is 8.30. The van der Waals surface area contributed by atoms with E-state index < -0.39 is 12.8 Å². The molecule has 1 unspecified atom stereocenters. The lowest BCUT2D eigenvalue weighted by Gasteiger charge is -2.37. The van der Waals surface area contributed by atoms with Gasteiger partial charge in [-0.25, -0.2) is 0 Å². The second-order valence-electron chi connectivity index (χ2n) is 6.36. The highest BCUT2D eigenvalue weighted by molar-refractivity contribution is 5.81. The Morgan fingerprint density at radius 3 is 2.48 bits per heavy atom. The molecule has 8 heteroatoms. The van der Waals surface area contributed by atoms with Gasteiger partial charge in [0.05, 0.1) is 6.04 Å². The van der Waals surface area contributed by atoms with Crippen molar-refractivity contribution in [3.05, 3.63) is 0 Å². The summed E-state index contributed by atoms with van der Waals surface area (Å²) < 4.78 is 40.4. The average Bonchev–Trinajstić information content (AvgIpc) is 3.29. The SMILES string of the molecule is CC(C(=O)NC1CC1)N1CCN(CCCOCC(F)(F)F)CC1. The van der Waals surface area contributed by atoms with E-state index >= 15 is 0 Å². The Bertz CT molecular complexity index is 381. The molecule has 0 radical (unpaired) electrons. The van der Waals surface area contributed by atoms with Gasteiger partial charge in [0, 0.05) is 45.4 Å². The van der Waals surface area contributed by atoms with Gasteiger partial charge in [-0.15, -0.1) is 0 Å². The second-order valence-corrected chi connectivity index (χ2v) is 6.36. The molecule has 0 spiro atoms. The van der Waals surface area contributed by atoms with Gasteiger partial charge in [-0.05, 0) is 26.2 Å². The van der Waals surface area contributed by atoms with Gasteiger partial charge >= 0.3 is 6.18 Å². The fourth-order valence-corrected chi connectivity index (χ4v) is 2.67. The molecular formula is C15H26F3N3O2. The molecule has 1 amide bonds. The molecule has 1 aliphatic carbocycles. The van der Waals surface area contributed by atoms with Crippen LogP contribution in [0.2, 0.25) is 0 Å². The normalized spacial score (nSPS) is 22.1. The largest absolute Gasteiger partial charge is 0.411 e. The first-order valence-corrected chi connectivity index (χ1v) is 8.26. The van der Waals surface area contributed by atoms with Crippen LogP contribution in [-0.4, -0.2) is 79.9 Å². The van der Waals surface area contributed by atoms with Gasteiger partial charge in [0.15, 0.2) is 0 Å². The number of piperazine rings is 1. The van der Waals surface area contributed by atoms with E-state index in [0.717, 1.165) is 45.6 Å². The van der Waals surface area contributed by atoms with Gasteiger partial charge in [0.25, 0.3) is 0 Å². The molecular weight excluding hydrogens is 311 g/mol. The highest BCUT2D eigenvalue weighted by Crippen LogP contribution is 2.19. The van der Waals surface area contributed by atoms with Crippen LogP contribution in [0.5, 0.6) is 0 Å². The molecule has 2 fully saturated rings. The van der Waals surface area contributed by atoms with Gasteiger partial charge in [-0.1, -0.05) is 0 Å². The number of carbonyl (C=O) groups excluding carboxylic acids is 1. The molecule has 23 heavy (non-hydrogen) atoms. The van der Waals surface area contributed by atoms with E-state index in [9.17, 15) is 18.0 Å². The lowest BCUT2D eigenvalue weighted by atomic mass is 10.2. The third-order valence-electron chi connectivity index (χ3n) is 4.29. The number of ether oxygens (including phenoxy) is 1. The molecule has 0 aromatic heterocycles. The highest BCUT2D eigenvalue weighted by atomic mass is 19.4. The molecule has 134 valence electrons. The summed E-state index contributed by atoms with van der Waals surface area (Å²) in [6.07, 6.45) is -1.48. The van der Waals surface area contributed by atoms with Crippen molar-refractivity contribution < 1.29 is 22.7 Å². The van der Waals surface area contributed by atoms with Crippen molar-refractivity contribution in [3.63, 3.8) is 0 Å². The lowest BCUT2D eigenvalue weighted by molar-refractivity contribution is -0.174. The maximum atomic E-state index is 12.0. The molecule has 5 nitrogen and oxygen atoms in total. The third kappa shape index (κ3) is 7.05. The van der Waals surface area contributed by atoms with Crippen LogP contribution < -0.4 is 5.32 Å². The maximum Gasteiger partial charge on any atom is 0.411 e. The van der Waals surface area contributed by atoms with Crippen LogP contribution in [0.25, 0.3) is 0 Å². The Morgan fingerprint density at radius 1 is 1.26 bits per heavy atom. The summed E-state index contributed by atoms with van der Waals surface area (Å²) >= 11 is 0. The van der Waals surface area contributed by atoms with Gasteiger partial charge in [-0.2, -0.15) is 13.2 Å². The zero-order valence-corrected chi connectivity index (χ0v) is 13.6. The number of amides is 1. The Hall–Kier alpha value is -0.860. The Morgan fingerprint density at radius 2 is 1.91 bits per heavy atom. The number of halogens is 3. The van der Waals surface area contributed by atoms with E-state index in [1.54, 1.807) is 0 Å². The van der Waals surface area contributed by atoms with Crippen LogP contribution in [0.1, 0.15) is 26.2 Å². The Kier molecular flexibility index (Phi) is 6.67. The van der Waals surface area contributed by atoms with E-state index in [0.29, 0.717) is 12.5 Å². The molecule has 0 bridgehead atoms. The van der Waals surface area contributed by atoms with Crippen LogP contribution in [0.15, 0.2) is 0 Å². The predicted molar refractivity (Wildman–Crippen MR) is 80.1 cm³/mol. The van der Waals surface area contributed by atoms with E-state index in [1.807, 2.05) is 6.92 Å². The zero-order chi connectivity index (χ0) is 16.9. The van der Waals surface area contributed by atoms with Crippen molar-refractivity contribution in [1.82, 2.24) is 15.1 Å². The lowest BCUT2D eigenvalue weighted by Crippen LogP contribution is -2.54. The van der Waals surface area contributed by atoms with Crippen molar-refractivity contribution in [1.29, 1.82) is 0 Å². The minimum atomic E-state index is -4.25. The number of nitrogens with one attached hydrogen (secondary N) is 1. The van der Waals surface area contributed by atoms with E-state index in [1.165, 1.54) is 0 Å². The number of hydrogen-bond donors (Lipinski definition) is 1. The first-order chi connectivity index (χ1) is 10.8. The first kappa shape index (κ1) is 18.5. The fraction of sp³-hybridized carbons (Fsp3) is 0.933. The number of hydrogen-bond acceptors (Lipinski definition) is 4. The van der Waals surface area contributed by atoms with E-state index in [2.05, 4.69) is 19.9 Å². The summed E-state index contributed by atoms with van der Waals surface area (Å²) in [5, 5.41) is 3.02. The van der Waals surface area contributed by atoms with Crippen LogP contribution in [-0.2, 0) is 9.53 Å². The number of carbonyl (C=O) groups is 1. The van der Waals surface area contributed by atoms with Crippen molar-refractivity contribution in [2.45, 2.75) is 44.4 Å². The summed E-state index contributed by atoms with van der Waals surface area (Å²) in [4.78, 5) is 16.4. The fourth-order valence-electron chi connectivity index (χ4n) is 2.67. The predicted octanol–water partition coefficient (Wildman–Crippen LogP) is 1.24. The highest BCUT2D eigenvalue weighted by Gasteiger charge is 2.30. The molecule has 0 aromatic carbocycles. The van der Waals surface area contributed by atoms with Crippen LogP contribution in [0, 0.1) is 0 Å². The molecule has 1 aliphatic heterocycles. The molecule has 1 atom stereocenters. The van der Waals surface area contributed by atoms with E-state index in [4.69, 9.17) is 0 Å². The molecule has 0 aromatic rings. The van der Waals surface area contributed by atoms with Gasteiger partial charge in [0.2, 0.25) is 5.91 Å². The number of nitrogens with zero attached hydrogens (tertiary/aromatic N) is 2. The van der Waals surface area contributed by atoms with Crippen molar-refractivity contribution in [3.8, 4) is 0 Å². The standard InChI is InChI=1S/C15H26F3N3O2/c1-12(14(22)19-13-3-4-13)21-8-6-20(7-9-21)5-2-10-23-11-15(16,17)18/h12-13H,2-11H2,1H3,(H,19,22). The third-order valence-corrected chi connectivity index (χ3v) is 4.29. The summed E-state index contributed by atoms with van der Waals surface area (Å²) in [6.45, 7) is 4.90. The summed E-state index contributed by atoms with van der Waals surface area (Å²) in [5.41, 5.74) is 0. The van der Waals surface area contributed by atoms with Crippen LogP contribution in [0.4, 0.5) is 13.2 Å². The molecule has 1 heterocycles. The quantitative estimate of drug-likeness (QED) is 0.677. The van der Waals surface area contributed by atoms with Crippen molar-refractivity contribution in [2.75, 3.05) is 45.9 Å². The smallest absolute Gasteiger partial charge is 0.372 e. The monoisotopic (exact) mass is 337 g/mol. The molecule has 2 aliphatic rings. The van der Waals surface area contributed by atoms with Gasteiger partial charge < -0.3 is 15.0 Å². The molecule has 1 N–H and O–H groups in total. The van der Waals surface area contributed by atoms with Gasteiger partial charge in [0.1, 0.15) is 6.61 Å².